The molecule has 2 rings (SSSR count). The topological polar surface area (TPSA) is 27.1 Å². The van der Waals surface area contributed by atoms with Crippen LogP contribution in [0.3, 0.4) is 0 Å². The normalized spacial score (nSPS) is 9.85. The van der Waals surface area contributed by atoms with Crippen molar-refractivity contribution in [2.24, 2.45) is 0 Å². The second kappa shape index (κ2) is 8.29. The Balaban J connectivity index is 1.72. The summed E-state index contributed by atoms with van der Waals surface area (Å²) in [5.41, 5.74) is 0.987. The Bertz CT molecular complexity index is 552. The van der Waals surface area contributed by atoms with E-state index >= 15 is 0 Å². The first-order valence-electron chi connectivity index (χ1n) is 6.62. The molecular weight excluding hydrogens is 272 g/mol. The maximum absolute atomic E-state index is 5.68. The van der Waals surface area contributed by atoms with Crippen molar-refractivity contribution in [1.29, 1.82) is 0 Å². The molecule has 1 heterocycles. The van der Waals surface area contributed by atoms with Gasteiger partial charge in [0.25, 0.3) is 0 Å². The van der Waals surface area contributed by atoms with Crippen LogP contribution >= 0.6 is 11.6 Å². The van der Waals surface area contributed by atoms with Crippen LogP contribution < -0.4 is 4.74 Å². The van der Waals surface area contributed by atoms with E-state index in [2.05, 4.69) is 16.8 Å². The molecule has 4 heteroatoms. The number of imidazole rings is 1. The Kier molecular flexibility index (Phi) is 6.01. The van der Waals surface area contributed by atoms with Crippen molar-refractivity contribution in [2.75, 3.05) is 12.5 Å². The third kappa shape index (κ3) is 4.99. The fraction of sp³-hybridized carbons (Fsp3) is 0.312. The Morgan fingerprint density at radius 2 is 2.10 bits per heavy atom. The number of nitrogens with zero attached hydrogens (tertiary/aromatic N) is 2. The molecule has 2 aromatic rings. The molecule has 104 valence electrons. The van der Waals surface area contributed by atoms with Gasteiger partial charge in [-0.3, -0.25) is 0 Å². The molecule has 3 nitrogen and oxygen atoms in total. The van der Waals surface area contributed by atoms with Crippen molar-refractivity contribution in [3.63, 3.8) is 0 Å². The van der Waals surface area contributed by atoms with Gasteiger partial charge < -0.3 is 9.30 Å². The second-order valence-electron chi connectivity index (χ2n) is 4.27. The Labute approximate surface area is 124 Å². The van der Waals surface area contributed by atoms with Gasteiger partial charge in [-0.1, -0.05) is 11.8 Å². The van der Waals surface area contributed by atoms with Crippen LogP contribution in [0.1, 0.15) is 18.4 Å². The van der Waals surface area contributed by atoms with E-state index in [1.807, 2.05) is 41.4 Å². The number of aromatic nitrogens is 2. The highest BCUT2D eigenvalue weighted by Crippen LogP contribution is 2.12. The van der Waals surface area contributed by atoms with E-state index in [9.17, 15) is 0 Å². The van der Waals surface area contributed by atoms with Gasteiger partial charge in [-0.2, -0.15) is 0 Å². The maximum Gasteiger partial charge on any atom is 0.119 e. The first-order valence-corrected chi connectivity index (χ1v) is 7.15. The van der Waals surface area contributed by atoms with Gasteiger partial charge in [-0.15, -0.1) is 11.6 Å². The summed E-state index contributed by atoms with van der Waals surface area (Å²) < 4.78 is 7.72. The number of alkyl halides is 1. The molecule has 1 aromatic heterocycles. The third-order valence-electron chi connectivity index (χ3n) is 2.70. The number of hydrogen-bond acceptors (Lipinski definition) is 2. The third-order valence-corrected chi connectivity index (χ3v) is 2.88. The number of benzene rings is 1. The van der Waals surface area contributed by atoms with E-state index in [4.69, 9.17) is 16.3 Å². The largest absolute Gasteiger partial charge is 0.494 e. The summed E-state index contributed by atoms with van der Waals surface area (Å²) in [6, 6.07) is 7.82. The summed E-state index contributed by atoms with van der Waals surface area (Å²) in [7, 11) is 0. The molecule has 0 radical (unpaired) electrons. The van der Waals surface area contributed by atoms with Gasteiger partial charge in [-0.05, 0) is 30.7 Å². The SMILES string of the molecule is ClCCC#Cc1ccc(OCCCn2ccnc2)cc1. The molecular formula is C16H17ClN2O. The standard InChI is InChI=1S/C16H17ClN2O/c17-9-2-1-4-15-5-7-16(8-6-15)20-13-3-11-19-12-10-18-14-19/h5-8,10,12,14H,2-3,9,11,13H2. The number of aryl methyl sites for hydroxylation is 1. The zero-order chi connectivity index (χ0) is 14.0. The molecule has 0 saturated heterocycles. The molecule has 0 bridgehead atoms. The quantitative estimate of drug-likeness (QED) is 0.463. The van der Waals surface area contributed by atoms with Crippen molar-refractivity contribution in [3.05, 3.63) is 48.5 Å². The zero-order valence-electron chi connectivity index (χ0n) is 11.3. The summed E-state index contributed by atoms with van der Waals surface area (Å²) in [5.74, 6) is 7.51. The minimum atomic E-state index is 0.575. The highest BCUT2D eigenvalue weighted by Gasteiger charge is 1.95. The molecule has 0 spiro atoms. The van der Waals surface area contributed by atoms with Crippen LogP contribution in [0.5, 0.6) is 5.75 Å². The maximum atomic E-state index is 5.68. The van der Waals surface area contributed by atoms with Crippen molar-refractivity contribution in [2.45, 2.75) is 19.4 Å². The molecule has 0 atom stereocenters. The first kappa shape index (κ1) is 14.5. The number of rotatable bonds is 6. The van der Waals surface area contributed by atoms with Crippen molar-refractivity contribution in [3.8, 4) is 17.6 Å². The molecule has 0 saturated carbocycles. The summed E-state index contributed by atoms with van der Waals surface area (Å²) in [6.07, 6.45) is 7.22. The lowest BCUT2D eigenvalue weighted by Gasteiger charge is -2.06. The van der Waals surface area contributed by atoms with E-state index in [-0.39, 0.29) is 0 Å². The lowest BCUT2D eigenvalue weighted by atomic mass is 10.2. The summed E-state index contributed by atoms with van der Waals surface area (Å²) in [5, 5.41) is 0. The number of ether oxygens (including phenoxy) is 1. The average Bonchev–Trinajstić information content (AvgIpc) is 2.99. The molecule has 0 N–H and O–H groups in total. The zero-order valence-corrected chi connectivity index (χ0v) is 12.0. The van der Waals surface area contributed by atoms with Crippen LogP contribution in [0, 0.1) is 11.8 Å². The van der Waals surface area contributed by atoms with Crippen LogP contribution in [0.25, 0.3) is 0 Å². The molecule has 0 aliphatic carbocycles. The Morgan fingerprint density at radius 3 is 2.80 bits per heavy atom. The summed E-state index contributed by atoms with van der Waals surface area (Å²) >= 11 is 5.57. The van der Waals surface area contributed by atoms with Crippen LogP contribution in [0.2, 0.25) is 0 Å². The molecule has 1 aromatic carbocycles. The predicted octanol–water partition coefficient (Wildman–Crippen LogP) is 3.33. The van der Waals surface area contributed by atoms with Gasteiger partial charge in [0.15, 0.2) is 0 Å². The van der Waals surface area contributed by atoms with Crippen LogP contribution in [0.15, 0.2) is 43.0 Å². The molecule has 0 aliphatic rings. The second-order valence-corrected chi connectivity index (χ2v) is 4.65. The van der Waals surface area contributed by atoms with E-state index in [1.54, 1.807) is 6.20 Å². The van der Waals surface area contributed by atoms with Crippen molar-refractivity contribution in [1.82, 2.24) is 9.55 Å². The monoisotopic (exact) mass is 288 g/mol. The van der Waals surface area contributed by atoms with Gasteiger partial charge in [0.05, 0.1) is 12.9 Å². The Hall–Kier alpha value is -1.92. The fourth-order valence-electron chi connectivity index (χ4n) is 1.70. The average molecular weight is 289 g/mol. The highest BCUT2D eigenvalue weighted by atomic mass is 35.5. The van der Waals surface area contributed by atoms with E-state index < -0.39 is 0 Å². The predicted molar refractivity (Wildman–Crippen MR) is 81.0 cm³/mol. The Morgan fingerprint density at radius 1 is 1.25 bits per heavy atom. The molecule has 0 aliphatic heterocycles. The molecule has 0 unspecified atom stereocenters. The number of hydrogen-bond donors (Lipinski definition) is 0. The van der Waals surface area contributed by atoms with Gasteiger partial charge >= 0.3 is 0 Å². The van der Waals surface area contributed by atoms with Crippen molar-refractivity contribution < 1.29 is 4.74 Å². The van der Waals surface area contributed by atoms with Gasteiger partial charge in [0, 0.05) is 36.8 Å². The molecule has 0 fully saturated rings. The molecule has 0 amide bonds. The van der Waals surface area contributed by atoms with Crippen molar-refractivity contribution >= 4 is 11.6 Å². The van der Waals surface area contributed by atoms with E-state index in [1.165, 1.54) is 0 Å². The van der Waals surface area contributed by atoms with E-state index in [0.29, 0.717) is 18.9 Å². The minimum absolute atomic E-state index is 0.575. The van der Waals surface area contributed by atoms with Gasteiger partial charge in [0.1, 0.15) is 5.75 Å². The number of halogens is 1. The van der Waals surface area contributed by atoms with Crippen LogP contribution in [0.4, 0.5) is 0 Å². The molecule has 20 heavy (non-hydrogen) atoms. The fourth-order valence-corrected chi connectivity index (χ4v) is 1.80. The summed E-state index contributed by atoms with van der Waals surface area (Å²) in [6.45, 7) is 1.61. The minimum Gasteiger partial charge on any atom is -0.494 e. The lowest BCUT2D eigenvalue weighted by Crippen LogP contribution is -2.02. The summed E-state index contributed by atoms with van der Waals surface area (Å²) in [4.78, 5) is 4.00. The smallest absolute Gasteiger partial charge is 0.119 e. The van der Waals surface area contributed by atoms with Gasteiger partial charge in [0.2, 0.25) is 0 Å². The van der Waals surface area contributed by atoms with Gasteiger partial charge in [-0.25, -0.2) is 4.98 Å². The van der Waals surface area contributed by atoms with Crippen LogP contribution in [-0.4, -0.2) is 22.0 Å². The first-order chi connectivity index (χ1) is 9.88. The van der Waals surface area contributed by atoms with E-state index in [0.717, 1.165) is 24.3 Å². The lowest BCUT2D eigenvalue weighted by molar-refractivity contribution is 0.302. The highest BCUT2D eigenvalue weighted by molar-refractivity contribution is 6.18. The van der Waals surface area contributed by atoms with Crippen LogP contribution in [-0.2, 0) is 6.54 Å².